The summed E-state index contributed by atoms with van der Waals surface area (Å²) in [5.41, 5.74) is 1.24. The summed E-state index contributed by atoms with van der Waals surface area (Å²) in [4.78, 5) is 11.6. The maximum Gasteiger partial charge on any atom is 0.136 e. The van der Waals surface area contributed by atoms with Crippen molar-refractivity contribution < 1.29 is 4.79 Å². The van der Waals surface area contributed by atoms with Crippen molar-refractivity contribution in [2.45, 2.75) is 46.0 Å². The molecular formula is C12H20O. The van der Waals surface area contributed by atoms with Gasteiger partial charge < -0.3 is 0 Å². The van der Waals surface area contributed by atoms with Gasteiger partial charge in [0.25, 0.3) is 0 Å². The van der Waals surface area contributed by atoms with Crippen LogP contribution in [0.5, 0.6) is 0 Å². The van der Waals surface area contributed by atoms with Crippen molar-refractivity contribution in [3.05, 3.63) is 12.2 Å². The van der Waals surface area contributed by atoms with E-state index in [1.807, 2.05) is 0 Å². The summed E-state index contributed by atoms with van der Waals surface area (Å²) in [6.07, 6.45) is 5.20. The third kappa shape index (κ3) is 2.43. The quantitative estimate of drug-likeness (QED) is 0.609. The van der Waals surface area contributed by atoms with Crippen molar-refractivity contribution in [2.24, 2.45) is 11.8 Å². The van der Waals surface area contributed by atoms with Gasteiger partial charge in [-0.15, -0.1) is 0 Å². The number of Topliss-reactive ketones (excluding diaryl/α,β-unsaturated/α-hetero) is 1. The number of carbonyl (C=O) groups is 1. The summed E-state index contributed by atoms with van der Waals surface area (Å²) < 4.78 is 0. The van der Waals surface area contributed by atoms with Crippen molar-refractivity contribution in [2.75, 3.05) is 0 Å². The van der Waals surface area contributed by atoms with E-state index in [-0.39, 0.29) is 5.92 Å². The second-order valence-electron chi connectivity index (χ2n) is 4.12. The van der Waals surface area contributed by atoms with E-state index in [1.165, 1.54) is 12.0 Å². The van der Waals surface area contributed by atoms with Gasteiger partial charge in [-0.1, -0.05) is 32.4 Å². The standard InChI is InChI=1S/C12H20O/c1-4-9(2)10(3)11-7-5-6-8-12(11)13/h10-11H,2,4-8H2,1,3H3. The van der Waals surface area contributed by atoms with Gasteiger partial charge in [-0.25, -0.2) is 0 Å². The van der Waals surface area contributed by atoms with Gasteiger partial charge in [0.1, 0.15) is 5.78 Å². The Morgan fingerprint density at radius 1 is 1.62 bits per heavy atom. The third-order valence-corrected chi connectivity index (χ3v) is 3.30. The first-order chi connectivity index (χ1) is 6.16. The number of ketones is 1. The topological polar surface area (TPSA) is 17.1 Å². The highest BCUT2D eigenvalue weighted by Crippen LogP contribution is 2.31. The van der Waals surface area contributed by atoms with E-state index < -0.39 is 0 Å². The molecule has 1 aliphatic rings. The summed E-state index contributed by atoms with van der Waals surface area (Å²) >= 11 is 0. The number of rotatable bonds is 3. The fourth-order valence-corrected chi connectivity index (χ4v) is 2.15. The summed E-state index contributed by atoms with van der Waals surface area (Å²) in [5, 5.41) is 0. The molecule has 0 amide bonds. The molecule has 0 aromatic carbocycles. The Morgan fingerprint density at radius 2 is 2.31 bits per heavy atom. The summed E-state index contributed by atoms with van der Waals surface area (Å²) in [7, 11) is 0. The average Bonchev–Trinajstić information content (AvgIpc) is 2.16. The Labute approximate surface area is 81.2 Å². The Balaban J connectivity index is 2.58. The molecule has 1 fully saturated rings. The summed E-state index contributed by atoms with van der Waals surface area (Å²) in [6.45, 7) is 8.30. The molecule has 0 heterocycles. The molecule has 0 radical (unpaired) electrons. The monoisotopic (exact) mass is 180 g/mol. The second-order valence-corrected chi connectivity index (χ2v) is 4.12. The van der Waals surface area contributed by atoms with Gasteiger partial charge >= 0.3 is 0 Å². The predicted molar refractivity (Wildman–Crippen MR) is 55.6 cm³/mol. The predicted octanol–water partition coefficient (Wildman–Crippen LogP) is 3.35. The molecule has 2 atom stereocenters. The van der Waals surface area contributed by atoms with Crippen LogP contribution in [0.25, 0.3) is 0 Å². The Kier molecular flexibility index (Phi) is 3.71. The minimum Gasteiger partial charge on any atom is -0.299 e. The van der Waals surface area contributed by atoms with Gasteiger partial charge in [0.2, 0.25) is 0 Å². The third-order valence-electron chi connectivity index (χ3n) is 3.30. The highest BCUT2D eigenvalue weighted by atomic mass is 16.1. The zero-order valence-electron chi connectivity index (χ0n) is 8.81. The highest BCUT2D eigenvalue weighted by molar-refractivity contribution is 5.82. The summed E-state index contributed by atoms with van der Waals surface area (Å²) in [5.74, 6) is 1.15. The van der Waals surface area contributed by atoms with Crippen LogP contribution in [0.3, 0.4) is 0 Å². The van der Waals surface area contributed by atoms with Gasteiger partial charge in [0, 0.05) is 12.3 Å². The molecule has 74 valence electrons. The molecule has 1 rings (SSSR count). The molecule has 0 aromatic heterocycles. The van der Waals surface area contributed by atoms with Crippen LogP contribution in [-0.2, 0) is 4.79 Å². The van der Waals surface area contributed by atoms with E-state index in [2.05, 4.69) is 20.4 Å². The van der Waals surface area contributed by atoms with E-state index in [0.29, 0.717) is 11.7 Å². The number of hydrogen-bond donors (Lipinski definition) is 0. The fourth-order valence-electron chi connectivity index (χ4n) is 2.15. The lowest BCUT2D eigenvalue weighted by atomic mass is 9.76. The zero-order valence-corrected chi connectivity index (χ0v) is 8.81. The maximum atomic E-state index is 11.6. The number of allylic oxidation sites excluding steroid dienone is 1. The van der Waals surface area contributed by atoms with Crippen molar-refractivity contribution >= 4 is 5.78 Å². The van der Waals surface area contributed by atoms with Gasteiger partial charge in [-0.05, 0) is 25.2 Å². The molecule has 0 spiro atoms. The average molecular weight is 180 g/mol. The van der Waals surface area contributed by atoms with E-state index in [0.717, 1.165) is 25.7 Å². The van der Waals surface area contributed by atoms with Crippen molar-refractivity contribution in [1.82, 2.24) is 0 Å². The van der Waals surface area contributed by atoms with Crippen LogP contribution in [0.1, 0.15) is 46.0 Å². The molecule has 0 bridgehead atoms. The molecule has 1 saturated carbocycles. The van der Waals surface area contributed by atoms with Gasteiger partial charge in [0.05, 0.1) is 0 Å². The smallest absolute Gasteiger partial charge is 0.136 e. The normalized spacial score (nSPS) is 25.7. The van der Waals surface area contributed by atoms with E-state index in [4.69, 9.17) is 0 Å². The Bertz CT molecular complexity index is 205. The van der Waals surface area contributed by atoms with Crippen LogP contribution in [-0.4, -0.2) is 5.78 Å². The first-order valence-corrected chi connectivity index (χ1v) is 5.37. The lowest BCUT2D eigenvalue weighted by molar-refractivity contribution is -0.125. The van der Waals surface area contributed by atoms with Crippen LogP contribution in [0.15, 0.2) is 12.2 Å². The molecule has 1 nitrogen and oxygen atoms in total. The Hall–Kier alpha value is -0.590. The minimum atomic E-state index is 0.279. The molecule has 0 N–H and O–H groups in total. The van der Waals surface area contributed by atoms with Crippen LogP contribution in [0.2, 0.25) is 0 Å². The van der Waals surface area contributed by atoms with Gasteiger partial charge in [-0.2, -0.15) is 0 Å². The summed E-state index contributed by atoms with van der Waals surface area (Å²) in [6, 6.07) is 0. The van der Waals surface area contributed by atoms with Gasteiger partial charge in [0.15, 0.2) is 0 Å². The molecule has 2 unspecified atom stereocenters. The second kappa shape index (κ2) is 4.59. The Morgan fingerprint density at radius 3 is 2.85 bits per heavy atom. The molecule has 0 aliphatic heterocycles. The zero-order chi connectivity index (χ0) is 9.84. The molecule has 0 aromatic rings. The van der Waals surface area contributed by atoms with Crippen molar-refractivity contribution in [1.29, 1.82) is 0 Å². The molecule has 1 heteroatoms. The number of carbonyl (C=O) groups excluding carboxylic acids is 1. The highest BCUT2D eigenvalue weighted by Gasteiger charge is 2.27. The molecule has 0 saturated heterocycles. The molecule has 1 aliphatic carbocycles. The SMILES string of the molecule is C=C(CC)C(C)C1CCCCC1=O. The van der Waals surface area contributed by atoms with E-state index in [1.54, 1.807) is 0 Å². The van der Waals surface area contributed by atoms with E-state index in [9.17, 15) is 4.79 Å². The molecular weight excluding hydrogens is 160 g/mol. The largest absolute Gasteiger partial charge is 0.299 e. The fraction of sp³-hybridized carbons (Fsp3) is 0.750. The minimum absolute atomic E-state index is 0.279. The number of hydrogen-bond acceptors (Lipinski definition) is 1. The van der Waals surface area contributed by atoms with Gasteiger partial charge in [-0.3, -0.25) is 4.79 Å². The van der Waals surface area contributed by atoms with E-state index >= 15 is 0 Å². The first-order valence-electron chi connectivity index (χ1n) is 5.37. The van der Waals surface area contributed by atoms with Crippen molar-refractivity contribution in [3.8, 4) is 0 Å². The van der Waals surface area contributed by atoms with Crippen LogP contribution in [0.4, 0.5) is 0 Å². The van der Waals surface area contributed by atoms with Crippen LogP contribution >= 0.6 is 0 Å². The first kappa shape index (κ1) is 10.5. The lowest BCUT2D eigenvalue weighted by Gasteiger charge is -2.27. The van der Waals surface area contributed by atoms with Crippen LogP contribution < -0.4 is 0 Å². The lowest BCUT2D eigenvalue weighted by Crippen LogP contribution is -2.26. The maximum absolute atomic E-state index is 11.6. The van der Waals surface area contributed by atoms with Crippen LogP contribution in [0, 0.1) is 11.8 Å². The molecule has 13 heavy (non-hydrogen) atoms. The van der Waals surface area contributed by atoms with Crippen molar-refractivity contribution in [3.63, 3.8) is 0 Å².